The van der Waals surface area contributed by atoms with E-state index in [2.05, 4.69) is 20.3 Å². The van der Waals surface area contributed by atoms with E-state index in [1.807, 2.05) is 31.2 Å². The number of nitrogen functional groups attached to an aromatic ring is 1. The molecule has 4 rings (SSSR count). The van der Waals surface area contributed by atoms with Gasteiger partial charge in [0.25, 0.3) is 0 Å². The second-order valence-corrected chi connectivity index (χ2v) is 7.82. The predicted molar refractivity (Wildman–Crippen MR) is 104 cm³/mol. The minimum absolute atomic E-state index is 0.117. The lowest BCUT2D eigenvalue weighted by Gasteiger charge is -2.20. The fourth-order valence-corrected chi connectivity index (χ4v) is 4.62. The number of benzene rings is 1. The van der Waals surface area contributed by atoms with Gasteiger partial charge in [-0.2, -0.15) is 4.98 Å². The van der Waals surface area contributed by atoms with Crippen LogP contribution in [0.5, 0.6) is 0 Å². The number of rotatable bonds is 4. The molecule has 8 nitrogen and oxygen atoms in total. The highest BCUT2D eigenvalue weighted by Gasteiger charge is 2.41. The third kappa shape index (κ3) is 3.23. The van der Waals surface area contributed by atoms with E-state index in [1.165, 1.54) is 11.3 Å². The van der Waals surface area contributed by atoms with Crippen molar-refractivity contribution >= 4 is 33.3 Å². The van der Waals surface area contributed by atoms with Crippen LogP contribution in [0.25, 0.3) is 20.8 Å². The SMILES string of the molecule is Cc1nc(N)nc(NC2C[C@H](CO)[C@@H](O)[C@H]2O)c1-c1nc2ccccc2s1. The van der Waals surface area contributed by atoms with Gasteiger partial charge in [0.1, 0.15) is 16.9 Å². The molecule has 0 radical (unpaired) electrons. The molecular weight excluding hydrogens is 366 g/mol. The van der Waals surface area contributed by atoms with Crippen LogP contribution >= 0.6 is 11.3 Å². The number of hydrogen-bond acceptors (Lipinski definition) is 9. The van der Waals surface area contributed by atoms with E-state index in [1.54, 1.807) is 0 Å². The average Bonchev–Trinajstić information content (AvgIpc) is 3.17. The third-order valence-electron chi connectivity index (χ3n) is 4.97. The normalized spacial score (nSPS) is 25.2. The zero-order valence-electron chi connectivity index (χ0n) is 14.7. The van der Waals surface area contributed by atoms with Gasteiger partial charge >= 0.3 is 0 Å². The Morgan fingerprint density at radius 1 is 1.19 bits per heavy atom. The summed E-state index contributed by atoms with van der Waals surface area (Å²) in [7, 11) is 0. The molecule has 6 N–H and O–H groups in total. The molecule has 2 heterocycles. The Labute approximate surface area is 159 Å². The molecule has 1 saturated carbocycles. The number of aliphatic hydroxyl groups excluding tert-OH is 3. The Hall–Kier alpha value is -2.33. The summed E-state index contributed by atoms with van der Waals surface area (Å²) >= 11 is 1.53. The van der Waals surface area contributed by atoms with Crippen molar-refractivity contribution in [1.29, 1.82) is 0 Å². The van der Waals surface area contributed by atoms with Gasteiger partial charge in [-0.25, -0.2) is 9.97 Å². The molecule has 1 fully saturated rings. The van der Waals surface area contributed by atoms with E-state index in [-0.39, 0.29) is 18.5 Å². The molecule has 0 amide bonds. The van der Waals surface area contributed by atoms with Crippen LogP contribution in [0.15, 0.2) is 24.3 Å². The number of para-hydroxylation sites is 1. The van der Waals surface area contributed by atoms with E-state index in [0.29, 0.717) is 17.9 Å². The molecule has 27 heavy (non-hydrogen) atoms. The maximum absolute atomic E-state index is 10.3. The highest BCUT2D eigenvalue weighted by molar-refractivity contribution is 7.21. The minimum atomic E-state index is -1.01. The summed E-state index contributed by atoms with van der Waals surface area (Å²) in [6.07, 6.45) is -1.58. The Morgan fingerprint density at radius 2 is 1.96 bits per heavy atom. The predicted octanol–water partition coefficient (Wildman–Crippen LogP) is 1.16. The van der Waals surface area contributed by atoms with Gasteiger partial charge in [0.05, 0.1) is 33.6 Å². The van der Waals surface area contributed by atoms with Crippen LogP contribution in [-0.2, 0) is 0 Å². The maximum Gasteiger partial charge on any atom is 0.222 e. The fourth-order valence-electron chi connectivity index (χ4n) is 3.56. The molecule has 9 heteroatoms. The number of aliphatic hydroxyl groups is 3. The zero-order valence-corrected chi connectivity index (χ0v) is 15.5. The molecule has 142 valence electrons. The van der Waals surface area contributed by atoms with Gasteiger partial charge in [0.2, 0.25) is 5.95 Å². The molecule has 1 unspecified atom stereocenters. The van der Waals surface area contributed by atoms with Crippen molar-refractivity contribution in [1.82, 2.24) is 15.0 Å². The lowest BCUT2D eigenvalue weighted by Crippen LogP contribution is -2.35. The number of aromatic nitrogens is 3. The molecule has 0 bridgehead atoms. The van der Waals surface area contributed by atoms with Crippen molar-refractivity contribution in [2.45, 2.75) is 31.6 Å². The third-order valence-corrected chi connectivity index (χ3v) is 6.03. The van der Waals surface area contributed by atoms with Crippen molar-refractivity contribution in [3.63, 3.8) is 0 Å². The zero-order chi connectivity index (χ0) is 19.1. The largest absolute Gasteiger partial charge is 0.396 e. The van der Waals surface area contributed by atoms with Crippen LogP contribution in [0.2, 0.25) is 0 Å². The molecule has 0 spiro atoms. The Kier molecular flexibility index (Phi) is 4.68. The first kappa shape index (κ1) is 18.1. The Morgan fingerprint density at radius 3 is 2.67 bits per heavy atom. The van der Waals surface area contributed by atoms with Crippen LogP contribution in [0.1, 0.15) is 12.1 Å². The van der Waals surface area contributed by atoms with Gasteiger partial charge in [-0.15, -0.1) is 11.3 Å². The van der Waals surface area contributed by atoms with Crippen molar-refractivity contribution in [2.24, 2.45) is 5.92 Å². The molecule has 3 aromatic rings. The first-order valence-corrected chi connectivity index (χ1v) is 9.53. The number of hydrogen-bond donors (Lipinski definition) is 5. The molecule has 0 saturated heterocycles. The summed E-state index contributed by atoms with van der Waals surface area (Å²) in [5.74, 6) is 0.198. The van der Waals surface area contributed by atoms with Crippen molar-refractivity contribution in [2.75, 3.05) is 17.7 Å². The van der Waals surface area contributed by atoms with Crippen molar-refractivity contribution in [3.05, 3.63) is 30.0 Å². The maximum atomic E-state index is 10.3. The highest BCUT2D eigenvalue weighted by atomic mass is 32.1. The molecule has 2 aromatic heterocycles. The molecule has 1 aliphatic carbocycles. The van der Waals surface area contributed by atoms with E-state index >= 15 is 0 Å². The number of anilines is 2. The molecular formula is C18H21N5O3S. The molecule has 4 atom stereocenters. The van der Waals surface area contributed by atoms with Crippen LogP contribution < -0.4 is 11.1 Å². The van der Waals surface area contributed by atoms with Gasteiger partial charge < -0.3 is 26.4 Å². The quantitative estimate of drug-likeness (QED) is 0.450. The number of nitrogens with zero attached hydrogens (tertiary/aromatic N) is 3. The van der Waals surface area contributed by atoms with Gasteiger partial charge in [-0.05, 0) is 25.5 Å². The van der Waals surface area contributed by atoms with E-state index in [0.717, 1.165) is 20.8 Å². The summed E-state index contributed by atoms with van der Waals surface area (Å²) in [6.45, 7) is 1.65. The van der Waals surface area contributed by atoms with Gasteiger partial charge in [-0.3, -0.25) is 0 Å². The lowest BCUT2D eigenvalue weighted by molar-refractivity contribution is 0.00446. The standard InChI is InChI=1S/C18H21N5O3S/c1-8-13(17-22-10-4-2-3-5-12(10)27-17)16(23-18(19)20-8)21-11-6-9(7-24)14(25)15(11)26/h2-5,9,11,14-15,24-26H,6-7H2,1H3,(H3,19,20,21,23)/t9-,11?,14-,15+/m1/s1. The minimum Gasteiger partial charge on any atom is -0.396 e. The molecule has 0 aliphatic heterocycles. The van der Waals surface area contributed by atoms with E-state index < -0.39 is 18.2 Å². The lowest BCUT2D eigenvalue weighted by atomic mass is 10.1. The van der Waals surface area contributed by atoms with Crippen LogP contribution in [-0.4, -0.2) is 55.1 Å². The number of nitrogens with two attached hydrogens (primary N) is 1. The first-order valence-electron chi connectivity index (χ1n) is 8.71. The number of fused-ring (bicyclic) bond motifs is 1. The monoisotopic (exact) mass is 387 g/mol. The highest BCUT2D eigenvalue weighted by Crippen LogP contribution is 2.37. The molecule has 1 aromatic carbocycles. The average molecular weight is 387 g/mol. The summed E-state index contributed by atoms with van der Waals surface area (Å²) in [6, 6.07) is 7.38. The Balaban J connectivity index is 1.75. The smallest absolute Gasteiger partial charge is 0.222 e. The summed E-state index contributed by atoms with van der Waals surface area (Å²) in [5, 5.41) is 33.7. The number of nitrogens with one attached hydrogen (secondary N) is 1. The van der Waals surface area contributed by atoms with Crippen LogP contribution in [0.3, 0.4) is 0 Å². The molecule has 1 aliphatic rings. The second-order valence-electron chi connectivity index (χ2n) is 6.79. The first-order chi connectivity index (χ1) is 13.0. The van der Waals surface area contributed by atoms with Crippen molar-refractivity contribution in [3.8, 4) is 10.6 Å². The van der Waals surface area contributed by atoms with Gasteiger partial charge in [0.15, 0.2) is 0 Å². The van der Waals surface area contributed by atoms with Gasteiger partial charge in [0, 0.05) is 12.5 Å². The number of thiazole rings is 1. The fraction of sp³-hybridized carbons (Fsp3) is 0.389. The number of aryl methyl sites for hydroxylation is 1. The Bertz CT molecular complexity index is 946. The van der Waals surface area contributed by atoms with Crippen LogP contribution in [0, 0.1) is 12.8 Å². The summed E-state index contributed by atoms with van der Waals surface area (Å²) in [5.41, 5.74) is 8.12. The van der Waals surface area contributed by atoms with E-state index in [4.69, 9.17) is 5.73 Å². The van der Waals surface area contributed by atoms with Crippen LogP contribution in [0.4, 0.5) is 11.8 Å². The van der Waals surface area contributed by atoms with Gasteiger partial charge in [-0.1, -0.05) is 12.1 Å². The van der Waals surface area contributed by atoms with Crippen molar-refractivity contribution < 1.29 is 15.3 Å². The van der Waals surface area contributed by atoms with E-state index in [9.17, 15) is 15.3 Å². The topological polar surface area (TPSA) is 137 Å². The summed E-state index contributed by atoms with van der Waals surface area (Å²) < 4.78 is 1.05. The second kappa shape index (κ2) is 7.01. The summed E-state index contributed by atoms with van der Waals surface area (Å²) in [4.78, 5) is 13.3.